The molecule has 1 heterocycles. The van der Waals surface area contributed by atoms with E-state index in [0.29, 0.717) is 0 Å². The van der Waals surface area contributed by atoms with Crippen molar-refractivity contribution in [2.75, 3.05) is 20.6 Å². The summed E-state index contributed by atoms with van der Waals surface area (Å²) in [5.74, 6) is 0.926. The van der Waals surface area contributed by atoms with Gasteiger partial charge in [0, 0.05) is 39.6 Å². The van der Waals surface area contributed by atoms with E-state index < -0.39 is 0 Å². The molecule has 2 rings (SSSR count). The molecule has 5 heteroatoms. The second-order valence-corrected chi connectivity index (χ2v) is 5.62. The normalized spacial score (nSPS) is 11.0. The van der Waals surface area contributed by atoms with Crippen molar-refractivity contribution in [1.29, 1.82) is 0 Å². The fraction of sp³-hybridized carbons (Fsp3) is 0.389. The first-order valence-electron chi connectivity index (χ1n) is 7.68. The van der Waals surface area contributed by atoms with Gasteiger partial charge >= 0.3 is 0 Å². The molecular weight excluding hydrogens is 399 g/mol. The maximum absolute atomic E-state index is 4.37. The van der Waals surface area contributed by atoms with E-state index in [1.165, 1.54) is 16.8 Å². The van der Waals surface area contributed by atoms with Crippen LogP contribution in [-0.4, -0.2) is 36.1 Å². The lowest BCUT2D eigenvalue weighted by atomic mass is 10.1. The Kier molecular flexibility index (Phi) is 8.16. The molecule has 0 aliphatic heterocycles. The van der Waals surface area contributed by atoms with Crippen molar-refractivity contribution in [1.82, 2.24) is 14.8 Å². The Morgan fingerprint density at radius 1 is 1.22 bits per heavy atom. The van der Waals surface area contributed by atoms with E-state index in [0.717, 1.165) is 25.5 Å². The van der Waals surface area contributed by atoms with Gasteiger partial charge in [0.25, 0.3) is 0 Å². The fourth-order valence-corrected chi connectivity index (χ4v) is 2.56. The molecule has 0 spiro atoms. The van der Waals surface area contributed by atoms with Gasteiger partial charge < -0.3 is 14.8 Å². The molecular formula is C18H27IN4. The van der Waals surface area contributed by atoms with Crippen LogP contribution in [0.3, 0.4) is 0 Å². The summed E-state index contributed by atoms with van der Waals surface area (Å²) in [4.78, 5) is 6.52. The average molecular weight is 426 g/mol. The van der Waals surface area contributed by atoms with Gasteiger partial charge in [-0.15, -0.1) is 24.0 Å². The Bertz CT molecular complexity index is 633. The summed E-state index contributed by atoms with van der Waals surface area (Å²) in [5.41, 5.74) is 4.00. The Morgan fingerprint density at radius 2 is 1.96 bits per heavy atom. The molecule has 0 unspecified atom stereocenters. The number of halogens is 1. The highest BCUT2D eigenvalue weighted by molar-refractivity contribution is 14.0. The van der Waals surface area contributed by atoms with Gasteiger partial charge in [-0.3, -0.25) is 4.99 Å². The molecule has 0 saturated carbocycles. The Morgan fingerprint density at radius 3 is 2.57 bits per heavy atom. The highest BCUT2D eigenvalue weighted by Gasteiger charge is 2.08. The van der Waals surface area contributed by atoms with Crippen molar-refractivity contribution in [2.24, 2.45) is 12.0 Å². The minimum Gasteiger partial charge on any atom is -0.356 e. The molecule has 23 heavy (non-hydrogen) atoms. The number of hydrogen-bond acceptors (Lipinski definition) is 1. The standard InChI is InChI=1S/C18H26N4.HI/c1-15-8-5-6-9-16(15)11-12-20-18(19-2)22(4)14-17-10-7-13-21(17)3;/h5-10,13H,11-12,14H2,1-4H3,(H,19,20);1H. The number of rotatable bonds is 5. The van der Waals surface area contributed by atoms with E-state index >= 15 is 0 Å². The first kappa shape index (κ1) is 19.5. The average Bonchev–Trinajstić information content (AvgIpc) is 2.90. The number of nitrogens with one attached hydrogen (secondary N) is 1. The SMILES string of the molecule is CN=C(NCCc1ccccc1C)N(C)Cc1cccn1C.I. The fourth-order valence-electron chi connectivity index (χ4n) is 2.56. The number of aliphatic imine (C=N–C) groups is 1. The third-order valence-electron chi connectivity index (χ3n) is 3.96. The quantitative estimate of drug-likeness (QED) is 0.453. The predicted octanol–water partition coefficient (Wildman–Crippen LogP) is 3.20. The molecule has 0 aliphatic rings. The molecule has 1 aromatic heterocycles. The maximum Gasteiger partial charge on any atom is 0.193 e. The van der Waals surface area contributed by atoms with E-state index in [4.69, 9.17) is 0 Å². The van der Waals surface area contributed by atoms with Gasteiger partial charge in [0.05, 0.1) is 6.54 Å². The van der Waals surface area contributed by atoms with Crippen LogP contribution in [-0.2, 0) is 20.0 Å². The van der Waals surface area contributed by atoms with Crippen molar-refractivity contribution < 1.29 is 0 Å². The van der Waals surface area contributed by atoms with Crippen LogP contribution >= 0.6 is 24.0 Å². The number of hydrogen-bond donors (Lipinski definition) is 1. The van der Waals surface area contributed by atoms with Crippen LogP contribution in [0, 0.1) is 6.92 Å². The summed E-state index contributed by atoms with van der Waals surface area (Å²) in [6.07, 6.45) is 3.07. The molecule has 0 radical (unpaired) electrons. The zero-order chi connectivity index (χ0) is 15.9. The molecule has 1 aromatic carbocycles. The van der Waals surface area contributed by atoms with Crippen molar-refractivity contribution in [3.63, 3.8) is 0 Å². The van der Waals surface area contributed by atoms with Crippen LogP contribution in [0.5, 0.6) is 0 Å². The van der Waals surface area contributed by atoms with Gasteiger partial charge in [-0.25, -0.2) is 0 Å². The summed E-state index contributed by atoms with van der Waals surface area (Å²) in [6.45, 7) is 3.88. The van der Waals surface area contributed by atoms with Crippen molar-refractivity contribution in [3.05, 3.63) is 59.4 Å². The van der Waals surface area contributed by atoms with Gasteiger partial charge in [-0.2, -0.15) is 0 Å². The first-order valence-corrected chi connectivity index (χ1v) is 7.68. The third-order valence-corrected chi connectivity index (χ3v) is 3.96. The summed E-state index contributed by atoms with van der Waals surface area (Å²) >= 11 is 0. The number of nitrogens with zero attached hydrogens (tertiary/aromatic N) is 3. The van der Waals surface area contributed by atoms with E-state index in [-0.39, 0.29) is 24.0 Å². The third kappa shape index (κ3) is 5.57. The molecule has 0 fully saturated rings. The molecule has 1 N–H and O–H groups in total. The zero-order valence-corrected chi connectivity index (χ0v) is 16.7. The molecule has 0 atom stereocenters. The predicted molar refractivity (Wildman–Crippen MR) is 109 cm³/mol. The zero-order valence-electron chi connectivity index (χ0n) is 14.4. The minimum absolute atomic E-state index is 0. The van der Waals surface area contributed by atoms with Crippen LogP contribution in [0.15, 0.2) is 47.6 Å². The number of aromatic nitrogens is 1. The number of benzene rings is 1. The molecule has 0 bridgehead atoms. The van der Waals surface area contributed by atoms with Crippen LogP contribution in [0.1, 0.15) is 16.8 Å². The van der Waals surface area contributed by atoms with E-state index in [9.17, 15) is 0 Å². The van der Waals surface area contributed by atoms with Gasteiger partial charge in [0.1, 0.15) is 0 Å². The number of aryl methyl sites for hydroxylation is 2. The van der Waals surface area contributed by atoms with Crippen LogP contribution in [0.2, 0.25) is 0 Å². The van der Waals surface area contributed by atoms with Gasteiger partial charge in [-0.05, 0) is 36.6 Å². The largest absolute Gasteiger partial charge is 0.356 e. The summed E-state index contributed by atoms with van der Waals surface area (Å²) < 4.78 is 2.14. The van der Waals surface area contributed by atoms with Gasteiger partial charge in [0.15, 0.2) is 5.96 Å². The van der Waals surface area contributed by atoms with Crippen LogP contribution < -0.4 is 5.32 Å². The second-order valence-electron chi connectivity index (χ2n) is 5.62. The monoisotopic (exact) mass is 426 g/mol. The minimum atomic E-state index is 0. The molecule has 126 valence electrons. The van der Waals surface area contributed by atoms with Crippen LogP contribution in [0.4, 0.5) is 0 Å². The summed E-state index contributed by atoms with van der Waals surface area (Å²) in [5, 5.41) is 3.44. The van der Waals surface area contributed by atoms with Crippen LogP contribution in [0.25, 0.3) is 0 Å². The number of guanidine groups is 1. The molecule has 0 aliphatic carbocycles. The van der Waals surface area contributed by atoms with Crippen molar-refractivity contribution >= 4 is 29.9 Å². The van der Waals surface area contributed by atoms with E-state index in [2.05, 4.69) is 83.4 Å². The van der Waals surface area contributed by atoms with E-state index in [1.54, 1.807) is 0 Å². The Balaban J connectivity index is 0.00000264. The molecule has 2 aromatic rings. The van der Waals surface area contributed by atoms with Crippen molar-refractivity contribution in [2.45, 2.75) is 19.9 Å². The lowest BCUT2D eigenvalue weighted by Crippen LogP contribution is -2.39. The summed E-state index contributed by atoms with van der Waals surface area (Å²) in [7, 11) is 5.96. The lowest BCUT2D eigenvalue weighted by molar-refractivity contribution is 0.462. The Labute approximate surface area is 156 Å². The smallest absolute Gasteiger partial charge is 0.193 e. The summed E-state index contributed by atoms with van der Waals surface area (Å²) in [6, 6.07) is 12.7. The lowest BCUT2D eigenvalue weighted by Gasteiger charge is -2.22. The van der Waals surface area contributed by atoms with Crippen molar-refractivity contribution in [3.8, 4) is 0 Å². The molecule has 0 amide bonds. The first-order chi connectivity index (χ1) is 10.6. The van der Waals surface area contributed by atoms with E-state index in [1.807, 2.05) is 7.05 Å². The second kappa shape index (κ2) is 9.60. The highest BCUT2D eigenvalue weighted by Crippen LogP contribution is 2.07. The van der Waals surface area contributed by atoms with Gasteiger partial charge in [-0.1, -0.05) is 24.3 Å². The molecule has 0 saturated heterocycles. The molecule has 4 nitrogen and oxygen atoms in total. The topological polar surface area (TPSA) is 32.6 Å². The maximum atomic E-state index is 4.37. The van der Waals surface area contributed by atoms with Gasteiger partial charge in [0.2, 0.25) is 0 Å². The highest BCUT2D eigenvalue weighted by atomic mass is 127. The Hall–Kier alpha value is -1.50.